The molecular formula is C13H26O4. The standard InChI is InChI=1S/C13H26O4/c1-8(2)9-4-5-13(3,6-10(9)15)12(17)11(16)7-14/h8-12,14-17H,4-7H2,1-3H3/t9-,10+,11?,12?,13+/m0/s1. The van der Waals surface area contributed by atoms with Crippen molar-refractivity contribution in [2.45, 2.75) is 58.3 Å². The van der Waals surface area contributed by atoms with Crippen LogP contribution in [0.25, 0.3) is 0 Å². The van der Waals surface area contributed by atoms with Gasteiger partial charge in [0.15, 0.2) is 0 Å². The zero-order valence-corrected chi connectivity index (χ0v) is 11.0. The van der Waals surface area contributed by atoms with Crippen LogP contribution in [0.15, 0.2) is 0 Å². The van der Waals surface area contributed by atoms with Gasteiger partial charge in [-0.3, -0.25) is 0 Å². The van der Waals surface area contributed by atoms with Crippen LogP contribution in [0.1, 0.15) is 40.0 Å². The number of hydrogen-bond donors (Lipinski definition) is 4. The Kier molecular flexibility index (Phi) is 4.95. The molecule has 0 bridgehead atoms. The molecule has 17 heavy (non-hydrogen) atoms. The molecule has 0 aliphatic heterocycles. The molecule has 4 nitrogen and oxygen atoms in total. The van der Waals surface area contributed by atoms with Gasteiger partial charge < -0.3 is 20.4 Å². The summed E-state index contributed by atoms with van der Waals surface area (Å²) in [5.74, 6) is 0.691. The van der Waals surface area contributed by atoms with E-state index in [1.54, 1.807) is 0 Å². The Labute approximate surface area is 103 Å². The molecule has 102 valence electrons. The van der Waals surface area contributed by atoms with Crippen molar-refractivity contribution in [2.75, 3.05) is 6.61 Å². The van der Waals surface area contributed by atoms with Crippen molar-refractivity contribution in [3.8, 4) is 0 Å². The minimum atomic E-state index is -1.12. The zero-order valence-electron chi connectivity index (χ0n) is 11.0. The summed E-state index contributed by atoms with van der Waals surface area (Å²) >= 11 is 0. The van der Waals surface area contributed by atoms with Crippen molar-refractivity contribution in [2.24, 2.45) is 17.3 Å². The minimum Gasteiger partial charge on any atom is -0.394 e. The van der Waals surface area contributed by atoms with Crippen LogP contribution in [-0.2, 0) is 0 Å². The SMILES string of the molecule is CC(C)[C@@H]1CC[C@@](C)(C(O)C(O)CO)C[C@H]1O. The minimum absolute atomic E-state index is 0.265. The molecule has 1 aliphatic carbocycles. The van der Waals surface area contributed by atoms with E-state index >= 15 is 0 Å². The topological polar surface area (TPSA) is 80.9 Å². The number of rotatable bonds is 4. The fourth-order valence-corrected chi connectivity index (χ4v) is 3.03. The molecule has 0 amide bonds. The lowest BCUT2D eigenvalue weighted by Gasteiger charge is -2.45. The average Bonchev–Trinajstić information content (AvgIpc) is 2.26. The van der Waals surface area contributed by atoms with Crippen LogP contribution < -0.4 is 0 Å². The Hall–Kier alpha value is -0.160. The van der Waals surface area contributed by atoms with Gasteiger partial charge in [0.2, 0.25) is 0 Å². The highest BCUT2D eigenvalue weighted by atomic mass is 16.4. The smallest absolute Gasteiger partial charge is 0.103 e. The van der Waals surface area contributed by atoms with Crippen molar-refractivity contribution < 1.29 is 20.4 Å². The largest absolute Gasteiger partial charge is 0.394 e. The molecule has 0 aromatic carbocycles. The lowest BCUT2D eigenvalue weighted by atomic mass is 9.64. The van der Waals surface area contributed by atoms with Gasteiger partial charge in [-0.25, -0.2) is 0 Å². The van der Waals surface area contributed by atoms with Crippen molar-refractivity contribution in [3.63, 3.8) is 0 Å². The molecule has 0 saturated heterocycles. The van der Waals surface area contributed by atoms with Crippen LogP contribution in [0, 0.1) is 17.3 Å². The molecule has 2 unspecified atom stereocenters. The maximum absolute atomic E-state index is 10.1. The summed E-state index contributed by atoms with van der Waals surface area (Å²) in [6.45, 7) is 5.61. The van der Waals surface area contributed by atoms with Gasteiger partial charge in [-0.2, -0.15) is 0 Å². The van der Waals surface area contributed by atoms with Gasteiger partial charge in [-0.15, -0.1) is 0 Å². The van der Waals surface area contributed by atoms with E-state index in [0.717, 1.165) is 12.8 Å². The van der Waals surface area contributed by atoms with Gasteiger partial charge in [0.05, 0.1) is 18.8 Å². The monoisotopic (exact) mass is 246 g/mol. The fraction of sp³-hybridized carbons (Fsp3) is 1.00. The summed E-state index contributed by atoms with van der Waals surface area (Å²) in [5, 5.41) is 38.6. The van der Waals surface area contributed by atoms with E-state index in [1.165, 1.54) is 0 Å². The molecule has 1 aliphatic rings. The molecule has 4 heteroatoms. The number of hydrogen-bond acceptors (Lipinski definition) is 4. The first-order valence-electron chi connectivity index (χ1n) is 6.47. The first-order valence-corrected chi connectivity index (χ1v) is 6.47. The van der Waals surface area contributed by atoms with Crippen molar-refractivity contribution in [3.05, 3.63) is 0 Å². The molecule has 0 spiro atoms. The van der Waals surface area contributed by atoms with E-state index in [9.17, 15) is 15.3 Å². The van der Waals surface area contributed by atoms with Crippen LogP contribution in [0.3, 0.4) is 0 Å². The Morgan fingerprint density at radius 3 is 2.29 bits per heavy atom. The third-order valence-corrected chi connectivity index (χ3v) is 4.34. The number of aliphatic hydroxyl groups is 4. The van der Waals surface area contributed by atoms with Crippen molar-refractivity contribution in [1.82, 2.24) is 0 Å². The quantitative estimate of drug-likeness (QED) is 0.583. The summed E-state index contributed by atoms with van der Waals surface area (Å²) in [5.41, 5.74) is -0.507. The summed E-state index contributed by atoms with van der Waals surface area (Å²) in [4.78, 5) is 0. The first kappa shape index (κ1) is 14.9. The molecular weight excluding hydrogens is 220 g/mol. The molecule has 0 radical (unpaired) electrons. The van der Waals surface area contributed by atoms with Gasteiger partial charge in [-0.1, -0.05) is 20.8 Å². The zero-order chi connectivity index (χ0) is 13.2. The highest BCUT2D eigenvalue weighted by molar-refractivity contribution is 4.94. The first-order chi connectivity index (χ1) is 7.81. The lowest BCUT2D eigenvalue weighted by Crippen LogP contribution is -2.49. The maximum Gasteiger partial charge on any atom is 0.103 e. The van der Waals surface area contributed by atoms with Crippen LogP contribution in [0.5, 0.6) is 0 Å². The van der Waals surface area contributed by atoms with E-state index < -0.39 is 30.3 Å². The highest BCUT2D eigenvalue weighted by Crippen LogP contribution is 2.44. The van der Waals surface area contributed by atoms with Crippen molar-refractivity contribution >= 4 is 0 Å². The Morgan fingerprint density at radius 1 is 1.29 bits per heavy atom. The fourth-order valence-electron chi connectivity index (χ4n) is 3.03. The summed E-state index contributed by atoms with van der Waals surface area (Å²) in [6.07, 6.45) is -0.434. The Morgan fingerprint density at radius 2 is 1.88 bits per heavy atom. The van der Waals surface area contributed by atoms with Crippen LogP contribution in [-0.4, -0.2) is 45.3 Å². The van der Waals surface area contributed by atoms with E-state index in [0.29, 0.717) is 12.3 Å². The third kappa shape index (κ3) is 3.19. The predicted molar refractivity (Wildman–Crippen MR) is 65.4 cm³/mol. The van der Waals surface area contributed by atoms with Gasteiger partial charge >= 0.3 is 0 Å². The number of aliphatic hydroxyl groups excluding tert-OH is 4. The highest BCUT2D eigenvalue weighted by Gasteiger charge is 2.44. The van der Waals surface area contributed by atoms with Gasteiger partial charge in [0.25, 0.3) is 0 Å². The molecule has 4 N–H and O–H groups in total. The van der Waals surface area contributed by atoms with E-state index in [4.69, 9.17) is 5.11 Å². The normalized spacial score (nSPS) is 38.1. The second-order valence-corrected chi connectivity index (χ2v) is 6.07. The van der Waals surface area contributed by atoms with E-state index in [1.807, 2.05) is 6.92 Å². The van der Waals surface area contributed by atoms with Gasteiger partial charge in [0.1, 0.15) is 6.10 Å². The molecule has 5 atom stereocenters. The lowest BCUT2D eigenvalue weighted by molar-refractivity contribution is -0.120. The predicted octanol–water partition coefficient (Wildman–Crippen LogP) is 0.524. The maximum atomic E-state index is 10.1. The van der Waals surface area contributed by atoms with Crippen molar-refractivity contribution in [1.29, 1.82) is 0 Å². The van der Waals surface area contributed by atoms with Crippen LogP contribution >= 0.6 is 0 Å². The average molecular weight is 246 g/mol. The second-order valence-electron chi connectivity index (χ2n) is 6.07. The summed E-state index contributed by atoms with van der Waals surface area (Å²) in [7, 11) is 0. The van der Waals surface area contributed by atoms with Crippen LogP contribution in [0.4, 0.5) is 0 Å². The van der Waals surface area contributed by atoms with E-state index in [2.05, 4.69) is 13.8 Å². The molecule has 0 heterocycles. The van der Waals surface area contributed by atoms with Crippen LogP contribution in [0.2, 0.25) is 0 Å². The molecule has 0 aromatic rings. The van der Waals surface area contributed by atoms with E-state index in [-0.39, 0.29) is 5.92 Å². The Balaban J connectivity index is 2.69. The van der Waals surface area contributed by atoms with Gasteiger partial charge in [-0.05, 0) is 36.5 Å². The Bertz CT molecular complexity index is 244. The molecule has 1 fully saturated rings. The summed E-state index contributed by atoms with van der Waals surface area (Å²) < 4.78 is 0. The molecule has 1 rings (SSSR count). The molecule has 1 saturated carbocycles. The van der Waals surface area contributed by atoms with Gasteiger partial charge in [0, 0.05) is 0 Å². The third-order valence-electron chi connectivity index (χ3n) is 4.34. The second kappa shape index (κ2) is 5.65. The summed E-state index contributed by atoms with van der Waals surface area (Å²) in [6, 6.07) is 0. The molecule has 0 aromatic heterocycles.